The van der Waals surface area contributed by atoms with Gasteiger partial charge in [0.1, 0.15) is 12.4 Å². The van der Waals surface area contributed by atoms with Crippen LogP contribution < -0.4 is 9.47 Å². The molecule has 1 aliphatic heterocycles. The average Bonchev–Trinajstić information content (AvgIpc) is 3.27. The van der Waals surface area contributed by atoms with Crippen molar-refractivity contribution in [1.29, 1.82) is 0 Å². The zero-order valence-electron chi connectivity index (χ0n) is 23.1. The molecule has 1 amide bonds. The Bertz CT molecular complexity index is 1640. The molecule has 41 heavy (non-hydrogen) atoms. The predicted octanol–water partition coefficient (Wildman–Crippen LogP) is 8.31. The molecule has 0 aliphatic carbocycles. The largest absolute Gasteiger partial charge is 0.490 e. The summed E-state index contributed by atoms with van der Waals surface area (Å²) in [5, 5.41) is 2.87. The highest BCUT2D eigenvalue weighted by molar-refractivity contribution is 8.18. The van der Waals surface area contributed by atoms with E-state index in [1.165, 1.54) is 23.9 Å². The van der Waals surface area contributed by atoms with Crippen molar-refractivity contribution in [3.63, 3.8) is 0 Å². The maximum absolute atomic E-state index is 13.4. The minimum Gasteiger partial charge on any atom is -0.490 e. The van der Waals surface area contributed by atoms with Crippen molar-refractivity contribution in [3.8, 4) is 11.5 Å². The second-order valence-electron chi connectivity index (χ2n) is 9.39. The number of amides is 1. The number of nitrogens with zero attached hydrogens (tertiary/aromatic N) is 2. The van der Waals surface area contributed by atoms with E-state index in [0.717, 1.165) is 27.5 Å². The summed E-state index contributed by atoms with van der Waals surface area (Å²) in [6.45, 7) is 9.08. The average molecular weight is 567 g/mol. The molecule has 1 heterocycles. The molecular weight excluding hydrogens is 535 g/mol. The quantitative estimate of drug-likeness (QED) is 0.143. The number of halogens is 1. The first-order chi connectivity index (χ1) is 20.0. The van der Waals surface area contributed by atoms with Gasteiger partial charge in [-0.25, -0.2) is 9.38 Å². The molecule has 5 nitrogen and oxygen atoms in total. The first-order valence-corrected chi connectivity index (χ1v) is 14.4. The van der Waals surface area contributed by atoms with E-state index in [9.17, 15) is 9.18 Å². The Morgan fingerprint density at radius 3 is 2.51 bits per heavy atom. The molecule has 1 fully saturated rings. The molecule has 4 aromatic rings. The van der Waals surface area contributed by atoms with Gasteiger partial charge in [0, 0.05) is 12.1 Å². The Hall–Kier alpha value is -4.36. The van der Waals surface area contributed by atoms with Gasteiger partial charge in [-0.3, -0.25) is 9.69 Å². The number of thioether (sulfide) groups is 1. The first kappa shape index (κ1) is 28.2. The number of aliphatic imine (C=N–C) groups is 1. The summed E-state index contributed by atoms with van der Waals surface area (Å²) in [5.41, 5.74) is 3.40. The van der Waals surface area contributed by atoms with E-state index in [-0.39, 0.29) is 11.7 Å². The van der Waals surface area contributed by atoms with Gasteiger partial charge in [-0.1, -0.05) is 48.5 Å². The lowest BCUT2D eigenvalue weighted by Crippen LogP contribution is -2.28. The molecule has 0 aromatic heterocycles. The minimum atomic E-state index is -0.331. The molecule has 4 aromatic carbocycles. The lowest BCUT2D eigenvalue weighted by molar-refractivity contribution is -0.122. The highest BCUT2D eigenvalue weighted by Gasteiger charge is 2.32. The fourth-order valence-corrected chi connectivity index (χ4v) is 5.78. The van der Waals surface area contributed by atoms with Crippen LogP contribution in [0.25, 0.3) is 16.8 Å². The zero-order chi connectivity index (χ0) is 28.8. The fourth-order valence-electron chi connectivity index (χ4n) is 4.72. The van der Waals surface area contributed by atoms with Crippen LogP contribution in [0, 0.1) is 5.82 Å². The van der Waals surface area contributed by atoms with Gasteiger partial charge in [-0.2, -0.15) is 0 Å². The number of allylic oxidation sites excluding steroid dienone is 1. The summed E-state index contributed by atoms with van der Waals surface area (Å²) >= 11 is 1.30. The first-order valence-electron chi connectivity index (χ1n) is 13.6. The van der Waals surface area contributed by atoms with Crippen molar-refractivity contribution >= 4 is 45.4 Å². The molecule has 0 saturated carbocycles. The van der Waals surface area contributed by atoms with Crippen molar-refractivity contribution in [2.75, 3.05) is 13.2 Å². The van der Waals surface area contributed by atoms with Crippen LogP contribution in [0.2, 0.25) is 0 Å². The van der Waals surface area contributed by atoms with Gasteiger partial charge in [0.25, 0.3) is 5.91 Å². The third-order valence-corrected chi connectivity index (χ3v) is 7.63. The number of ether oxygens (including phenoxy) is 2. The van der Waals surface area contributed by atoms with E-state index < -0.39 is 0 Å². The van der Waals surface area contributed by atoms with E-state index in [1.807, 2.05) is 56.3 Å². The van der Waals surface area contributed by atoms with Crippen LogP contribution in [0.3, 0.4) is 0 Å². The van der Waals surface area contributed by atoms with Crippen LogP contribution in [0.1, 0.15) is 30.5 Å². The molecular formula is C34H31FN2O3S. The fraction of sp³-hybridized carbons (Fsp3) is 0.176. The molecule has 0 radical (unpaired) electrons. The van der Waals surface area contributed by atoms with Gasteiger partial charge in [-0.05, 0) is 96.4 Å². The van der Waals surface area contributed by atoms with Gasteiger partial charge in [0.05, 0.1) is 17.2 Å². The van der Waals surface area contributed by atoms with Crippen LogP contribution in [0.4, 0.5) is 10.1 Å². The molecule has 7 heteroatoms. The van der Waals surface area contributed by atoms with Crippen molar-refractivity contribution in [1.82, 2.24) is 4.90 Å². The maximum atomic E-state index is 13.4. The Morgan fingerprint density at radius 1 is 0.976 bits per heavy atom. The Morgan fingerprint density at radius 2 is 1.76 bits per heavy atom. The number of carbonyl (C=O) groups is 1. The second-order valence-corrected chi connectivity index (χ2v) is 10.4. The molecule has 0 N–H and O–H groups in total. The third kappa shape index (κ3) is 6.36. The van der Waals surface area contributed by atoms with E-state index in [0.29, 0.717) is 53.4 Å². The van der Waals surface area contributed by atoms with Gasteiger partial charge < -0.3 is 9.47 Å². The van der Waals surface area contributed by atoms with Gasteiger partial charge in [-0.15, -0.1) is 6.58 Å². The van der Waals surface area contributed by atoms with Crippen LogP contribution >= 0.6 is 11.8 Å². The number of likely N-dealkylation sites (N-methyl/N-ethyl adjacent to an activating group) is 1. The van der Waals surface area contributed by atoms with Gasteiger partial charge in [0.15, 0.2) is 16.7 Å². The van der Waals surface area contributed by atoms with Crippen molar-refractivity contribution < 1.29 is 18.7 Å². The Balaban J connectivity index is 1.47. The molecule has 1 saturated heterocycles. The van der Waals surface area contributed by atoms with E-state index in [2.05, 4.69) is 35.8 Å². The lowest BCUT2D eigenvalue weighted by atomic mass is 10.0. The second kappa shape index (κ2) is 12.9. The van der Waals surface area contributed by atoms with Crippen LogP contribution in [0.15, 0.2) is 101 Å². The highest BCUT2D eigenvalue weighted by Crippen LogP contribution is 2.38. The monoisotopic (exact) mass is 566 g/mol. The van der Waals surface area contributed by atoms with Gasteiger partial charge >= 0.3 is 0 Å². The number of amidine groups is 1. The molecule has 0 atom stereocenters. The number of hydrogen-bond donors (Lipinski definition) is 0. The van der Waals surface area contributed by atoms with E-state index >= 15 is 0 Å². The molecule has 0 unspecified atom stereocenters. The van der Waals surface area contributed by atoms with Gasteiger partial charge in [0.2, 0.25) is 0 Å². The topological polar surface area (TPSA) is 51.1 Å². The molecule has 0 bridgehead atoms. The normalized spacial score (nSPS) is 15.2. The summed E-state index contributed by atoms with van der Waals surface area (Å²) in [7, 11) is 0. The summed E-state index contributed by atoms with van der Waals surface area (Å²) in [6.07, 6.45) is 4.25. The van der Waals surface area contributed by atoms with E-state index in [4.69, 9.17) is 9.47 Å². The smallest absolute Gasteiger partial charge is 0.266 e. The maximum Gasteiger partial charge on any atom is 0.266 e. The summed E-state index contributed by atoms with van der Waals surface area (Å²) in [5.74, 6) is 0.822. The summed E-state index contributed by atoms with van der Waals surface area (Å²) in [4.78, 5) is 20.0. The van der Waals surface area contributed by atoms with E-state index in [1.54, 1.807) is 17.0 Å². The van der Waals surface area contributed by atoms with Crippen LogP contribution in [-0.4, -0.2) is 29.1 Å². The SMILES string of the molecule is C=CCc1cc(/C=C2/SC(=Nc3ccc(F)cc3)N(CC)C2=O)cc(OCC)c1OCc1cccc2ccccc12. The number of hydrogen-bond acceptors (Lipinski definition) is 5. The standard InChI is InChI=1S/C34H31FN2O3S/c1-4-10-25-19-23(21-31-33(38)37(5-2)34(41-31)36-28-17-15-27(35)16-18-28)20-30(39-6-3)32(25)40-22-26-13-9-12-24-11-7-8-14-29(24)26/h4,7-9,11-21H,1,5-6,10,22H2,2-3H3/b31-21+,36-34?. The van der Waals surface area contributed by atoms with Crippen LogP contribution in [0.5, 0.6) is 11.5 Å². The zero-order valence-corrected chi connectivity index (χ0v) is 23.9. The van der Waals surface area contributed by atoms with Crippen LogP contribution in [-0.2, 0) is 17.8 Å². The number of carbonyl (C=O) groups excluding carboxylic acids is 1. The number of fused-ring (bicyclic) bond motifs is 1. The highest BCUT2D eigenvalue weighted by atomic mass is 32.2. The van der Waals surface area contributed by atoms with Crippen molar-refractivity contribution in [3.05, 3.63) is 119 Å². The third-order valence-electron chi connectivity index (χ3n) is 6.62. The molecule has 208 valence electrons. The molecule has 5 rings (SSSR count). The van der Waals surface area contributed by atoms with Crippen molar-refractivity contribution in [2.45, 2.75) is 26.9 Å². The minimum absolute atomic E-state index is 0.127. The predicted molar refractivity (Wildman–Crippen MR) is 166 cm³/mol. The summed E-state index contributed by atoms with van der Waals surface area (Å²) < 4.78 is 25.8. The van der Waals surface area contributed by atoms with Crippen molar-refractivity contribution in [2.24, 2.45) is 4.99 Å². The lowest BCUT2D eigenvalue weighted by Gasteiger charge is -2.17. The Labute approximate surface area is 244 Å². The Kier molecular flexibility index (Phi) is 8.85. The molecule has 0 spiro atoms. The number of rotatable bonds is 10. The number of benzene rings is 4. The molecule has 1 aliphatic rings. The summed E-state index contributed by atoms with van der Waals surface area (Å²) in [6, 6.07) is 24.3.